The van der Waals surface area contributed by atoms with E-state index in [9.17, 15) is 0 Å². The van der Waals surface area contributed by atoms with E-state index in [1.54, 1.807) is 6.20 Å². The maximum absolute atomic E-state index is 6.12. The third-order valence-corrected chi connectivity index (χ3v) is 3.59. The normalized spacial score (nSPS) is 20.6. The van der Waals surface area contributed by atoms with E-state index in [-0.39, 0.29) is 6.04 Å². The smallest absolute Gasteiger partial charge is 0.121 e. The Morgan fingerprint density at radius 3 is 3.21 bits per heavy atom. The van der Waals surface area contributed by atoms with Crippen LogP contribution in [0.5, 0.6) is 5.75 Å². The maximum Gasteiger partial charge on any atom is 0.121 e. The molecule has 1 saturated heterocycles. The molecule has 0 saturated carbocycles. The van der Waals surface area contributed by atoms with E-state index >= 15 is 0 Å². The van der Waals surface area contributed by atoms with Gasteiger partial charge in [-0.2, -0.15) is 0 Å². The zero-order valence-electron chi connectivity index (χ0n) is 10.8. The molecule has 0 radical (unpaired) electrons. The molecule has 3 rings (SSSR count). The molecule has 100 valence electrons. The van der Waals surface area contributed by atoms with Crippen LogP contribution in [0.1, 0.15) is 6.42 Å². The molecule has 0 amide bonds. The van der Waals surface area contributed by atoms with Crippen LogP contribution in [0.15, 0.2) is 36.5 Å². The van der Waals surface area contributed by atoms with Gasteiger partial charge in [0.15, 0.2) is 0 Å². The van der Waals surface area contributed by atoms with Crippen LogP contribution in [0.2, 0.25) is 0 Å². The molecule has 19 heavy (non-hydrogen) atoms. The number of nitrogens with zero attached hydrogens (tertiary/aromatic N) is 1. The number of hydrogen-bond acceptors (Lipinski definition) is 4. The molecule has 2 N–H and O–H groups in total. The summed E-state index contributed by atoms with van der Waals surface area (Å²) in [7, 11) is 0. The molecule has 2 heterocycles. The number of rotatable bonds is 4. The molecule has 1 aromatic carbocycles. The van der Waals surface area contributed by atoms with Crippen LogP contribution in [0.3, 0.4) is 0 Å². The lowest BCUT2D eigenvalue weighted by atomic mass is 10.0. The minimum atomic E-state index is 0.0296. The highest BCUT2D eigenvalue weighted by atomic mass is 16.5. The Morgan fingerprint density at radius 1 is 1.42 bits per heavy atom. The van der Waals surface area contributed by atoms with Crippen LogP contribution >= 0.6 is 0 Å². The first-order valence-electron chi connectivity index (χ1n) is 6.64. The molecule has 2 atom stereocenters. The van der Waals surface area contributed by atoms with Crippen molar-refractivity contribution in [2.24, 2.45) is 11.7 Å². The first-order chi connectivity index (χ1) is 9.33. The standard InChI is InChI=1S/C15H18N2O2/c16-14(12-5-7-18-9-12)10-19-13-4-3-11-2-1-6-17-15(11)8-13/h1-4,6,8,12,14H,5,7,9-10,16H2. The van der Waals surface area contributed by atoms with Crippen LogP contribution in [0, 0.1) is 5.92 Å². The van der Waals surface area contributed by atoms with Crippen LogP contribution < -0.4 is 10.5 Å². The summed E-state index contributed by atoms with van der Waals surface area (Å²) in [5, 5.41) is 1.11. The Kier molecular flexibility index (Phi) is 3.62. The first kappa shape index (κ1) is 12.4. The van der Waals surface area contributed by atoms with Crippen LogP contribution in [-0.2, 0) is 4.74 Å². The van der Waals surface area contributed by atoms with Gasteiger partial charge in [0, 0.05) is 36.2 Å². The van der Waals surface area contributed by atoms with Crippen molar-refractivity contribution in [1.82, 2.24) is 4.98 Å². The summed E-state index contributed by atoms with van der Waals surface area (Å²) in [5.74, 6) is 1.24. The van der Waals surface area contributed by atoms with Crippen molar-refractivity contribution in [3.8, 4) is 5.75 Å². The van der Waals surface area contributed by atoms with Gasteiger partial charge in [-0.1, -0.05) is 6.07 Å². The van der Waals surface area contributed by atoms with E-state index in [0.717, 1.165) is 36.3 Å². The lowest BCUT2D eigenvalue weighted by Crippen LogP contribution is -2.36. The fourth-order valence-corrected chi connectivity index (χ4v) is 2.35. The zero-order chi connectivity index (χ0) is 13.1. The van der Waals surface area contributed by atoms with Crippen molar-refractivity contribution in [1.29, 1.82) is 0 Å². The van der Waals surface area contributed by atoms with Gasteiger partial charge in [0.2, 0.25) is 0 Å². The van der Waals surface area contributed by atoms with E-state index in [1.165, 1.54) is 0 Å². The van der Waals surface area contributed by atoms with Gasteiger partial charge in [-0.15, -0.1) is 0 Å². The molecule has 1 aromatic heterocycles. The van der Waals surface area contributed by atoms with Gasteiger partial charge in [0.25, 0.3) is 0 Å². The van der Waals surface area contributed by atoms with Crippen molar-refractivity contribution < 1.29 is 9.47 Å². The van der Waals surface area contributed by atoms with Crippen molar-refractivity contribution in [2.75, 3.05) is 19.8 Å². The highest BCUT2D eigenvalue weighted by molar-refractivity contribution is 5.79. The van der Waals surface area contributed by atoms with E-state index in [1.807, 2.05) is 30.3 Å². The highest BCUT2D eigenvalue weighted by Crippen LogP contribution is 2.20. The van der Waals surface area contributed by atoms with E-state index < -0.39 is 0 Å². The second kappa shape index (κ2) is 5.55. The third kappa shape index (κ3) is 2.85. The summed E-state index contributed by atoms with van der Waals surface area (Å²) >= 11 is 0. The largest absolute Gasteiger partial charge is 0.492 e. The molecule has 1 fully saturated rings. The molecule has 0 spiro atoms. The van der Waals surface area contributed by atoms with Crippen molar-refractivity contribution >= 4 is 10.9 Å². The Morgan fingerprint density at radius 2 is 2.37 bits per heavy atom. The Hall–Kier alpha value is -1.65. The number of nitrogens with two attached hydrogens (primary N) is 1. The molecule has 0 aliphatic carbocycles. The minimum absolute atomic E-state index is 0.0296. The molecule has 1 aliphatic rings. The summed E-state index contributed by atoms with van der Waals surface area (Å²) in [6.07, 6.45) is 2.82. The lowest BCUT2D eigenvalue weighted by molar-refractivity contribution is 0.170. The number of ether oxygens (including phenoxy) is 2. The molecule has 0 bridgehead atoms. The number of pyridine rings is 1. The van der Waals surface area contributed by atoms with Gasteiger partial charge in [-0.25, -0.2) is 0 Å². The Labute approximate surface area is 112 Å². The van der Waals surface area contributed by atoms with E-state index in [2.05, 4.69) is 4.98 Å². The van der Waals surface area contributed by atoms with Crippen LogP contribution in [0.4, 0.5) is 0 Å². The van der Waals surface area contributed by atoms with E-state index in [0.29, 0.717) is 12.5 Å². The van der Waals surface area contributed by atoms with Gasteiger partial charge < -0.3 is 15.2 Å². The van der Waals surface area contributed by atoms with Gasteiger partial charge >= 0.3 is 0 Å². The molecule has 2 aromatic rings. The second-order valence-corrected chi connectivity index (χ2v) is 4.96. The van der Waals surface area contributed by atoms with Crippen molar-refractivity contribution in [2.45, 2.75) is 12.5 Å². The summed E-state index contributed by atoms with van der Waals surface area (Å²) < 4.78 is 11.1. The molecule has 1 aliphatic heterocycles. The predicted octanol–water partition coefficient (Wildman–Crippen LogP) is 1.98. The average Bonchev–Trinajstić information content (AvgIpc) is 2.99. The van der Waals surface area contributed by atoms with Crippen LogP contribution in [-0.4, -0.2) is 30.8 Å². The van der Waals surface area contributed by atoms with Crippen molar-refractivity contribution in [3.05, 3.63) is 36.5 Å². The van der Waals surface area contributed by atoms with Gasteiger partial charge in [-0.3, -0.25) is 4.98 Å². The summed E-state index contributed by atoms with van der Waals surface area (Å²) in [4.78, 5) is 4.32. The molecule has 4 nitrogen and oxygen atoms in total. The number of fused-ring (bicyclic) bond motifs is 1. The summed E-state index contributed by atoms with van der Waals surface area (Å²) in [5.41, 5.74) is 7.06. The first-order valence-corrected chi connectivity index (χ1v) is 6.64. The quantitative estimate of drug-likeness (QED) is 0.911. The second-order valence-electron chi connectivity index (χ2n) is 4.96. The maximum atomic E-state index is 6.12. The van der Waals surface area contributed by atoms with Crippen molar-refractivity contribution in [3.63, 3.8) is 0 Å². The monoisotopic (exact) mass is 258 g/mol. The van der Waals surface area contributed by atoms with Gasteiger partial charge in [0.05, 0.1) is 12.1 Å². The summed E-state index contributed by atoms with van der Waals surface area (Å²) in [6, 6.07) is 9.92. The Bertz CT molecular complexity index is 553. The molecule has 2 unspecified atom stereocenters. The predicted molar refractivity (Wildman–Crippen MR) is 74.1 cm³/mol. The van der Waals surface area contributed by atoms with Gasteiger partial charge in [-0.05, 0) is 24.6 Å². The molecule has 4 heteroatoms. The van der Waals surface area contributed by atoms with Crippen LogP contribution in [0.25, 0.3) is 10.9 Å². The number of hydrogen-bond donors (Lipinski definition) is 1. The Balaban J connectivity index is 1.64. The average molecular weight is 258 g/mol. The zero-order valence-corrected chi connectivity index (χ0v) is 10.8. The fraction of sp³-hybridized carbons (Fsp3) is 0.400. The SMILES string of the molecule is NC(COc1ccc2cccnc2c1)C1CCOC1. The number of benzene rings is 1. The van der Waals surface area contributed by atoms with E-state index in [4.69, 9.17) is 15.2 Å². The fourth-order valence-electron chi connectivity index (χ4n) is 2.35. The lowest BCUT2D eigenvalue weighted by Gasteiger charge is -2.18. The summed E-state index contributed by atoms with van der Waals surface area (Å²) in [6.45, 7) is 2.09. The molecular weight excluding hydrogens is 240 g/mol. The van der Waals surface area contributed by atoms with Gasteiger partial charge in [0.1, 0.15) is 12.4 Å². The minimum Gasteiger partial charge on any atom is -0.492 e. The highest BCUT2D eigenvalue weighted by Gasteiger charge is 2.23. The number of aromatic nitrogens is 1. The topological polar surface area (TPSA) is 57.4 Å². The molecular formula is C15H18N2O2. The third-order valence-electron chi connectivity index (χ3n) is 3.59.